The number of phenolic OH excluding ortho intramolecular Hbond substituents is 1. The molecule has 6 nitrogen and oxygen atoms in total. The average Bonchev–Trinajstić information content (AvgIpc) is 2.78. The summed E-state index contributed by atoms with van der Waals surface area (Å²) in [6, 6.07) is 6.02. The summed E-state index contributed by atoms with van der Waals surface area (Å²) in [6.07, 6.45) is 0.127. The Morgan fingerprint density at radius 1 is 1.43 bits per heavy atom. The van der Waals surface area contributed by atoms with Crippen molar-refractivity contribution in [2.24, 2.45) is 0 Å². The molecule has 0 fully saturated rings. The lowest BCUT2D eigenvalue weighted by Crippen LogP contribution is -2.11. The first-order valence-electron chi connectivity index (χ1n) is 6.13. The molecule has 0 aliphatic heterocycles. The smallest absolute Gasteiger partial charge is 0.310 e. The normalized spacial score (nSPS) is 10.2. The highest BCUT2D eigenvalue weighted by Gasteiger charge is 2.14. The van der Waals surface area contributed by atoms with Crippen LogP contribution in [0.5, 0.6) is 5.75 Å². The van der Waals surface area contributed by atoms with Crippen molar-refractivity contribution in [2.75, 3.05) is 12.4 Å². The molecule has 0 spiro atoms. The van der Waals surface area contributed by atoms with E-state index in [2.05, 4.69) is 15.0 Å². The number of ether oxygens (including phenoxy) is 1. The number of hydrogen-bond donors (Lipinski definition) is 2. The monoisotopic (exact) mass is 306 g/mol. The largest absolute Gasteiger partial charge is 0.508 e. The number of carbonyl (C=O) groups is 2. The van der Waals surface area contributed by atoms with Crippen LogP contribution in [0.2, 0.25) is 0 Å². The Kier molecular flexibility index (Phi) is 4.54. The minimum absolute atomic E-state index is 0.0179. The third kappa shape index (κ3) is 3.79. The Hall–Kier alpha value is -2.41. The number of hydrogen-bond acceptors (Lipinski definition) is 6. The summed E-state index contributed by atoms with van der Waals surface area (Å²) in [5.74, 6) is -0.707. The van der Waals surface area contributed by atoms with Crippen molar-refractivity contribution in [2.45, 2.75) is 13.3 Å². The van der Waals surface area contributed by atoms with E-state index in [1.165, 1.54) is 30.6 Å². The van der Waals surface area contributed by atoms with E-state index >= 15 is 0 Å². The van der Waals surface area contributed by atoms with E-state index in [-0.39, 0.29) is 24.0 Å². The van der Waals surface area contributed by atoms with Crippen LogP contribution in [0.25, 0.3) is 0 Å². The molecule has 1 aromatic heterocycles. The number of amides is 1. The average molecular weight is 306 g/mol. The number of nitrogens with one attached hydrogen (secondary N) is 1. The van der Waals surface area contributed by atoms with E-state index in [0.29, 0.717) is 16.4 Å². The number of aryl methyl sites for hydroxylation is 1. The van der Waals surface area contributed by atoms with Gasteiger partial charge in [-0.25, -0.2) is 4.98 Å². The minimum atomic E-state index is -0.371. The molecule has 0 atom stereocenters. The Morgan fingerprint density at radius 2 is 2.19 bits per heavy atom. The second kappa shape index (κ2) is 6.36. The van der Waals surface area contributed by atoms with Gasteiger partial charge in [0, 0.05) is 10.4 Å². The lowest BCUT2D eigenvalue weighted by atomic mass is 10.2. The van der Waals surface area contributed by atoms with Crippen molar-refractivity contribution in [3.05, 3.63) is 40.4 Å². The molecule has 1 amide bonds. The third-order valence-corrected chi connectivity index (χ3v) is 3.83. The molecule has 0 bridgehead atoms. The van der Waals surface area contributed by atoms with Crippen LogP contribution in [-0.2, 0) is 16.0 Å². The van der Waals surface area contributed by atoms with Crippen LogP contribution in [0.15, 0.2) is 24.3 Å². The molecule has 0 saturated heterocycles. The summed E-state index contributed by atoms with van der Waals surface area (Å²) in [5.41, 5.74) is 1.01. The van der Waals surface area contributed by atoms with Crippen LogP contribution < -0.4 is 5.32 Å². The fourth-order valence-electron chi connectivity index (χ4n) is 1.67. The van der Waals surface area contributed by atoms with Crippen molar-refractivity contribution in [1.29, 1.82) is 0 Å². The van der Waals surface area contributed by atoms with Gasteiger partial charge in [-0.1, -0.05) is 6.07 Å². The Bertz CT molecular complexity index is 681. The van der Waals surface area contributed by atoms with E-state index in [9.17, 15) is 14.7 Å². The lowest BCUT2D eigenvalue weighted by molar-refractivity contribution is -0.139. The van der Waals surface area contributed by atoms with E-state index < -0.39 is 0 Å². The summed E-state index contributed by atoms with van der Waals surface area (Å²) in [5, 5.41) is 12.4. The molecule has 110 valence electrons. The van der Waals surface area contributed by atoms with Crippen LogP contribution >= 0.6 is 11.3 Å². The second-order valence-electron chi connectivity index (χ2n) is 4.28. The number of phenols is 1. The molecule has 21 heavy (non-hydrogen) atoms. The standard InChI is InChI=1S/C14H14N2O4S/c1-8-11(7-12(18)20-2)21-14(15-8)16-13(19)9-4-3-5-10(17)6-9/h3-6,17H,7H2,1-2H3,(H,15,16,19). The summed E-state index contributed by atoms with van der Waals surface area (Å²) >= 11 is 1.22. The van der Waals surface area contributed by atoms with Gasteiger partial charge < -0.3 is 9.84 Å². The van der Waals surface area contributed by atoms with Gasteiger partial charge in [-0.2, -0.15) is 0 Å². The molecular weight excluding hydrogens is 292 g/mol. The molecule has 0 radical (unpaired) electrons. The van der Waals surface area contributed by atoms with E-state index in [1.54, 1.807) is 19.1 Å². The first-order chi connectivity index (χ1) is 9.99. The summed E-state index contributed by atoms with van der Waals surface area (Å²) in [6.45, 7) is 1.76. The number of aromatic hydroxyl groups is 1. The van der Waals surface area contributed by atoms with Crippen LogP contribution in [-0.4, -0.2) is 29.1 Å². The summed E-state index contributed by atoms with van der Waals surface area (Å²) in [7, 11) is 1.32. The molecule has 0 saturated carbocycles. The number of aromatic nitrogens is 1. The number of benzene rings is 1. The van der Waals surface area contributed by atoms with Crippen LogP contribution in [0.4, 0.5) is 5.13 Å². The topological polar surface area (TPSA) is 88.5 Å². The zero-order valence-electron chi connectivity index (χ0n) is 11.5. The minimum Gasteiger partial charge on any atom is -0.508 e. The van der Waals surface area contributed by atoms with Crippen molar-refractivity contribution in [3.8, 4) is 5.75 Å². The maximum Gasteiger partial charge on any atom is 0.310 e. The van der Waals surface area contributed by atoms with Gasteiger partial charge >= 0.3 is 5.97 Å². The zero-order valence-corrected chi connectivity index (χ0v) is 12.4. The van der Waals surface area contributed by atoms with Gasteiger partial charge in [-0.3, -0.25) is 14.9 Å². The van der Waals surface area contributed by atoms with Crippen molar-refractivity contribution < 1.29 is 19.4 Å². The summed E-state index contributed by atoms with van der Waals surface area (Å²) in [4.78, 5) is 28.2. The Morgan fingerprint density at radius 3 is 2.86 bits per heavy atom. The number of methoxy groups -OCH3 is 1. The molecule has 0 aliphatic carbocycles. The highest BCUT2D eigenvalue weighted by molar-refractivity contribution is 7.16. The van der Waals surface area contributed by atoms with Gasteiger partial charge in [0.15, 0.2) is 5.13 Å². The third-order valence-electron chi connectivity index (χ3n) is 2.75. The molecule has 0 unspecified atom stereocenters. The van der Waals surface area contributed by atoms with Crippen LogP contribution in [0, 0.1) is 6.92 Å². The van der Waals surface area contributed by atoms with Gasteiger partial charge in [0.1, 0.15) is 5.75 Å². The number of carbonyl (C=O) groups excluding carboxylic acids is 2. The van der Waals surface area contributed by atoms with Gasteiger partial charge in [0.2, 0.25) is 0 Å². The van der Waals surface area contributed by atoms with Gasteiger partial charge in [0.05, 0.1) is 19.2 Å². The van der Waals surface area contributed by atoms with Crippen molar-refractivity contribution in [3.63, 3.8) is 0 Å². The van der Waals surface area contributed by atoms with E-state index in [1.807, 2.05) is 0 Å². The highest BCUT2D eigenvalue weighted by Crippen LogP contribution is 2.24. The van der Waals surface area contributed by atoms with E-state index in [0.717, 1.165) is 4.88 Å². The number of anilines is 1. The molecular formula is C14H14N2O4S. The number of nitrogens with zero attached hydrogens (tertiary/aromatic N) is 1. The number of thiazole rings is 1. The van der Waals surface area contributed by atoms with Gasteiger partial charge in [0.25, 0.3) is 5.91 Å². The molecule has 1 heterocycles. The number of rotatable bonds is 4. The highest BCUT2D eigenvalue weighted by atomic mass is 32.1. The fraction of sp³-hybridized carbons (Fsp3) is 0.214. The lowest BCUT2D eigenvalue weighted by Gasteiger charge is -2.01. The Balaban J connectivity index is 2.11. The first kappa shape index (κ1) is 15.0. The molecule has 1 aromatic carbocycles. The predicted molar refractivity (Wildman–Crippen MR) is 78.6 cm³/mol. The second-order valence-corrected chi connectivity index (χ2v) is 5.37. The molecule has 0 aliphatic rings. The fourth-order valence-corrected chi connectivity index (χ4v) is 2.61. The van der Waals surface area contributed by atoms with Gasteiger partial charge in [-0.15, -0.1) is 11.3 Å². The SMILES string of the molecule is COC(=O)Cc1sc(NC(=O)c2cccc(O)c2)nc1C. The predicted octanol–water partition coefficient (Wildman–Crippen LogP) is 2.12. The van der Waals surface area contributed by atoms with E-state index in [4.69, 9.17) is 0 Å². The number of esters is 1. The van der Waals surface area contributed by atoms with Crippen molar-refractivity contribution >= 4 is 28.3 Å². The van der Waals surface area contributed by atoms with Crippen LogP contribution in [0.1, 0.15) is 20.9 Å². The summed E-state index contributed by atoms with van der Waals surface area (Å²) < 4.78 is 4.61. The molecule has 2 N–H and O–H groups in total. The van der Waals surface area contributed by atoms with Crippen LogP contribution in [0.3, 0.4) is 0 Å². The van der Waals surface area contributed by atoms with Gasteiger partial charge in [-0.05, 0) is 25.1 Å². The maximum absolute atomic E-state index is 12.0. The van der Waals surface area contributed by atoms with Crippen molar-refractivity contribution in [1.82, 2.24) is 4.98 Å². The molecule has 7 heteroatoms. The quantitative estimate of drug-likeness (QED) is 0.845. The first-order valence-corrected chi connectivity index (χ1v) is 6.94. The molecule has 2 aromatic rings. The zero-order chi connectivity index (χ0) is 15.4. The molecule has 2 rings (SSSR count). The Labute approximate surface area is 125 Å². The maximum atomic E-state index is 12.0.